The number of amides is 1. The lowest BCUT2D eigenvalue weighted by molar-refractivity contribution is -0.153. The van der Waals surface area contributed by atoms with E-state index in [0.29, 0.717) is 49.5 Å². The maximum atomic E-state index is 15.6. The first-order valence-electron chi connectivity index (χ1n) is 21.8. The van der Waals surface area contributed by atoms with Crippen molar-refractivity contribution in [3.05, 3.63) is 77.6 Å². The molecule has 0 unspecified atom stereocenters. The zero-order valence-corrected chi connectivity index (χ0v) is 34.3. The number of rotatable bonds is 15. The first kappa shape index (κ1) is 41.3. The van der Waals surface area contributed by atoms with Gasteiger partial charge in [-0.1, -0.05) is 37.3 Å². The van der Waals surface area contributed by atoms with Gasteiger partial charge in [0.1, 0.15) is 5.82 Å². The molecule has 6 aliphatic rings. The molecule has 0 N–H and O–H groups in total. The molecule has 58 heavy (non-hydrogen) atoms. The average molecular weight is 806 g/mol. The van der Waals surface area contributed by atoms with Crippen LogP contribution in [-0.2, 0) is 30.4 Å². The van der Waals surface area contributed by atoms with Gasteiger partial charge in [-0.3, -0.25) is 14.5 Å². The highest BCUT2D eigenvalue weighted by atomic mass is 19.3. The quantitative estimate of drug-likeness (QED) is 0.160. The fraction of sp³-hybridized carbons (Fsp3) is 0.652. The van der Waals surface area contributed by atoms with E-state index in [2.05, 4.69) is 32.2 Å². The molecule has 1 aliphatic carbocycles. The molecule has 0 aromatic heterocycles. The van der Waals surface area contributed by atoms with E-state index in [-0.39, 0.29) is 47.7 Å². The molecule has 8 rings (SSSR count). The molecule has 0 spiro atoms. The van der Waals surface area contributed by atoms with Gasteiger partial charge in [-0.05, 0) is 106 Å². The number of nitrogens with zero attached hydrogens (tertiary/aromatic N) is 5. The van der Waals surface area contributed by atoms with Crippen LogP contribution in [-0.4, -0.2) is 137 Å². The Kier molecular flexibility index (Phi) is 12.6. The van der Waals surface area contributed by atoms with Gasteiger partial charge < -0.3 is 29.1 Å². The van der Waals surface area contributed by atoms with Gasteiger partial charge in [0.15, 0.2) is 0 Å². The van der Waals surface area contributed by atoms with Crippen molar-refractivity contribution in [2.75, 3.05) is 110 Å². The number of esters is 1. The molecule has 5 aliphatic heterocycles. The summed E-state index contributed by atoms with van der Waals surface area (Å²) in [5, 5.41) is 0. The smallest absolute Gasteiger partial charge is 0.305 e. The summed E-state index contributed by atoms with van der Waals surface area (Å²) in [6.45, 7) is 15.0. The molecule has 5 heterocycles. The Morgan fingerprint density at radius 3 is 2.21 bits per heavy atom. The van der Waals surface area contributed by atoms with Crippen molar-refractivity contribution in [1.29, 1.82) is 0 Å². The molecule has 0 bridgehead atoms. The Morgan fingerprint density at radius 2 is 1.55 bits per heavy atom. The summed E-state index contributed by atoms with van der Waals surface area (Å²) in [5.74, 6) is -3.10. The number of hydrogen-bond acceptors (Lipinski definition) is 8. The van der Waals surface area contributed by atoms with E-state index >= 15 is 13.2 Å². The Labute approximate surface area is 342 Å². The topological polar surface area (TPSA) is 68.8 Å². The second-order valence-electron chi connectivity index (χ2n) is 18.2. The van der Waals surface area contributed by atoms with Crippen molar-refractivity contribution in [3.8, 4) is 0 Å². The summed E-state index contributed by atoms with van der Waals surface area (Å²) >= 11 is 0. The number of halogens is 3. The van der Waals surface area contributed by atoms with Gasteiger partial charge >= 0.3 is 5.97 Å². The number of piperidine rings is 1. The fourth-order valence-electron chi connectivity index (χ4n) is 11.3. The minimum Gasteiger partial charge on any atom is -0.469 e. The summed E-state index contributed by atoms with van der Waals surface area (Å²) in [5.41, 5.74) is 2.27. The predicted molar refractivity (Wildman–Crippen MR) is 218 cm³/mol. The number of alkyl halides is 2. The lowest BCUT2D eigenvalue weighted by Gasteiger charge is -2.54. The van der Waals surface area contributed by atoms with Gasteiger partial charge in [-0.15, -0.1) is 0 Å². The zero-order valence-electron chi connectivity index (χ0n) is 34.3. The lowest BCUT2D eigenvalue weighted by Crippen LogP contribution is -2.58. The molecule has 2 aromatic rings. The molecule has 316 valence electrons. The molecule has 6 fully saturated rings. The van der Waals surface area contributed by atoms with Crippen LogP contribution in [0.3, 0.4) is 0 Å². The Balaban J connectivity index is 0.844. The van der Waals surface area contributed by atoms with Crippen molar-refractivity contribution in [1.82, 2.24) is 19.6 Å². The zero-order chi connectivity index (χ0) is 40.4. The van der Waals surface area contributed by atoms with Crippen LogP contribution >= 0.6 is 0 Å². The number of morpholine rings is 1. The molecular weight excluding hydrogens is 744 g/mol. The van der Waals surface area contributed by atoms with Gasteiger partial charge in [0.05, 0.1) is 26.2 Å². The van der Waals surface area contributed by atoms with Crippen LogP contribution < -0.4 is 4.90 Å². The third-order valence-electron chi connectivity index (χ3n) is 14.7. The second kappa shape index (κ2) is 17.6. The summed E-state index contributed by atoms with van der Waals surface area (Å²) in [6, 6.07) is 14.1. The van der Waals surface area contributed by atoms with E-state index in [1.165, 1.54) is 18.4 Å². The molecule has 1 saturated carbocycles. The molecule has 5 saturated heterocycles. The molecule has 9 nitrogen and oxygen atoms in total. The van der Waals surface area contributed by atoms with Gasteiger partial charge in [-0.2, -0.15) is 0 Å². The van der Waals surface area contributed by atoms with E-state index in [0.717, 1.165) is 109 Å². The lowest BCUT2D eigenvalue weighted by atomic mass is 9.56. The monoisotopic (exact) mass is 805 g/mol. The number of hydrogen-bond donors (Lipinski definition) is 0. The number of methoxy groups -OCH3 is 1. The van der Waals surface area contributed by atoms with Crippen LogP contribution in [0.4, 0.5) is 18.9 Å². The molecule has 1 amide bonds. The summed E-state index contributed by atoms with van der Waals surface area (Å²) in [7, 11) is 1.48. The maximum Gasteiger partial charge on any atom is 0.305 e. The maximum absolute atomic E-state index is 15.6. The van der Waals surface area contributed by atoms with E-state index < -0.39 is 11.8 Å². The van der Waals surface area contributed by atoms with Crippen LogP contribution in [0.2, 0.25) is 0 Å². The van der Waals surface area contributed by atoms with Gasteiger partial charge in [0, 0.05) is 93.5 Å². The highest BCUT2D eigenvalue weighted by Gasteiger charge is 2.53. The van der Waals surface area contributed by atoms with Gasteiger partial charge in [0.2, 0.25) is 0 Å². The molecule has 12 heteroatoms. The number of likely N-dealkylation sites (tertiary alicyclic amines) is 3. The van der Waals surface area contributed by atoms with Crippen LogP contribution in [0, 0.1) is 35.4 Å². The summed E-state index contributed by atoms with van der Waals surface area (Å²) in [4.78, 5) is 36.5. The Morgan fingerprint density at radius 1 is 0.828 bits per heavy atom. The predicted octanol–water partition coefficient (Wildman–Crippen LogP) is 6.04. The van der Waals surface area contributed by atoms with Gasteiger partial charge in [-0.25, -0.2) is 13.2 Å². The van der Waals surface area contributed by atoms with Crippen molar-refractivity contribution in [3.63, 3.8) is 0 Å². The average Bonchev–Trinajstić information content (AvgIpc) is 3.64. The van der Waals surface area contributed by atoms with E-state index in [9.17, 15) is 9.59 Å². The molecular formula is C46H62F3N5O4. The highest BCUT2D eigenvalue weighted by molar-refractivity contribution is 5.93. The van der Waals surface area contributed by atoms with Crippen molar-refractivity contribution >= 4 is 17.6 Å². The second-order valence-corrected chi connectivity index (χ2v) is 18.2. The largest absolute Gasteiger partial charge is 0.469 e. The molecule has 2 aromatic carbocycles. The number of carbonyl (C=O) groups is 2. The van der Waals surface area contributed by atoms with Crippen LogP contribution in [0.15, 0.2) is 60.7 Å². The van der Waals surface area contributed by atoms with Gasteiger partial charge in [0.25, 0.3) is 11.8 Å². The minimum atomic E-state index is -3.02. The first-order chi connectivity index (χ1) is 28.0. The number of benzene rings is 2. The minimum absolute atomic E-state index is 0.00178. The Bertz CT molecular complexity index is 1750. The standard InChI is InChI=1S/C46H62F3N5O4/c1-33(26-51-20-22-58-23-21-51)44(56)54-30-39(31-54)46(48,49)37-10-12-41(13-11-37)53-28-34(29-53)27-50-18-14-36(15-19-50)45(32-52-16-5-17-52,38-7-4-8-40(47)25-38)42-9-3-6-35(42)24-43(55)57-2/h4,7-8,10-13,25,34-36,39,42H,1,3,5-6,9,14-24,26-32H2,2H3/t35-,42+,45+/m1/s1. The number of carbonyl (C=O) groups excluding carboxylic acids is 2. The fourth-order valence-corrected chi connectivity index (χ4v) is 11.3. The van der Waals surface area contributed by atoms with E-state index in [1.54, 1.807) is 24.3 Å². The van der Waals surface area contributed by atoms with Crippen LogP contribution in [0.5, 0.6) is 0 Å². The van der Waals surface area contributed by atoms with Crippen LogP contribution in [0.1, 0.15) is 56.1 Å². The summed E-state index contributed by atoms with van der Waals surface area (Å²) in [6.07, 6.45) is 6.83. The highest BCUT2D eigenvalue weighted by Crippen LogP contribution is 2.54. The molecule has 0 radical (unpaired) electrons. The summed E-state index contributed by atoms with van der Waals surface area (Å²) < 4.78 is 56.8. The van der Waals surface area contributed by atoms with Crippen molar-refractivity contribution in [2.24, 2.45) is 29.6 Å². The molecule has 3 atom stereocenters. The SMILES string of the molecule is C=C(CN1CCOCC1)C(=O)N1CC(C(F)(F)c2ccc(N3CC(CN4CCC([C@@](CN5CCC5)(c5cccc(F)c5)[C@H]5CCC[C@@H]5CC(=O)OC)CC4)C3)cc2)C1. The van der Waals surface area contributed by atoms with Crippen molar-refractivity contribution in [2.45, 2.75) is 56.3 Å². The van der Waals surface area contributed by atoms with Crippen LogP contribution in [0.25, 0.3) is 0 Å². The van der Waals surface area contributed by atoms with Crippen molar-refractivity contribution < 1.29 is 32.2 Å². The third kappa shape index (κ3) is 8.58. The first-order valence-corrected chi connectivity index (χ1v) is 21.8. The number of ether oxygens (including phenoxy) is 2. The normalized spacial score (nSPS) is 25.4. The van der Waals surface area contributed by atoms with E-state index in [4.69, 9.17) is 9.47 Å². The van der Waals surface area contributed by atoms with E-state index in [1.807, 2.05) is 18.2 Å². The number of anilines is 1. The third-order valence-corrected chi connectivity index (χ3v) is 14.7. The Hall–Kier alpha value is -3.45.